The number of carbonyl (C=O) groups excluding carboxylic acids is 1. The summed E-state index contributed by atoms with van der Waals surface area (Å²) in [6.07, 6.45) is 0. The molecule has 0 fully saturated rings. The van der Waals surface area contributed by atoms with Crippen LogP contribution in [-0.4, -0.2) is 17.7 Å². The quantitative estimate of drug-likeness (QED) is 0.866. The van der Waals surface area contributed by atoms with Crippen molar-refractivity contribution >= 4 is 5.78 Å². The zero-order valence-electron chi connectivity index (χ0n) is 14.0. The van der Waals surface area contributed by atoms with Crippen molar-refractivity contribution in [2.75, 3.05) is 6.79 Å². The number of Topliss-reactive ketones (excluding diaryl/α,β-unsaturated/α-hetero) is 1. The molecule has 25 heavy (non-hydrogen) atoms. The second-order valence-corrected chi connectivity index (χ2v) is 7.03. The number of carbonyl (C=O) groups is 1. The van der Waals surface area contributed by atoms with Crippen molar-refractivity contribution in [2.24, 2.45) is 11.8 Å². The average Bonchev–Trinajstić information content (AvgIpc) is 3.06. The molecular formula is C20H18O5. The molecule has 0 spiro atoms. The van der Waals surface area contributed by atoms with Gasteiger partial charge in [0.25, 0.3) is 0 Å². The van der Waals surface area contributed by atoms with Gasteiger partial charge in [0.15, 0.2) is 17.3 Å². The molecule has 0 radical (unpaired) electrons. The molecule has 3 atom stereocenters. The topological polar surface area (TPSA) is 65.0 Å². The van der Waals surface area contributed by atoms with Crippen LogP contribution in [0.4, 0.5) is 0 Å². The van der Waals surface area contributed by atoms with Crippen molar-refractivity contribution in [3.8, 4) is 17.2 Å². The first-order chi connectivity index (χ1) is 12.0. The molecule has 0 bridgehead atoms. The number of ketones is 1. The summed E-state index contributed by atoms with van der Waals surface area (Å²) < 4.78 is 16.3. The van der Waals surface area contributed by atoms with Crippen LogP contribution in [0.5, 0.6) is 17.2 Å². The number of ether oxygens (including phenoxy) is 3. The Bertz CT molecular complexity index is 919. The molecule has 2 heterocycles. The van der Waals surface area contributed by atoms with Crippen LogP contribution in [0.2, 0.25) is 0 Å². The second-order valence-electron chi connectivity index (χ2n) is 7.03. The minimum absolute atomic E-state index is 0.0719. The van der Waals surface area contributed by atoms with Gasteiger partial charge in [0.1, 0.15) is 18.0 Å². The Hall–Kier alpha value is -2.53. The van der Waals surface area contributed by atoms with Crippen molar-refractivity contribution < 1.29 is 24.1 Å². The third-order valence-corrected chi connectivity index (χ3v) is 5.92. The van der Waals surface area contributed by atoms with E-state index in [9.17, 15) is 9.90 Å². The van der Waals surface area contributed by atoms with E-state index >= 15 is 0 Å². The normalized spacial score (nSPS) is 28.7. The number of rotatable bonds is 1. The maximum Gasteiger partial charge on any atom is 0.231 e. The van der Waals surface area contributed by atoms with Gasteiger partial charge in [0.2, 0.25) is 6.79 Å². The summed E-state index contributed by atoms with van der Waals surface area (Å²) in [5.74, 6) is 1.54. The van der Waals surface area contributed by atoms with Crippen LogP contribution in [0.25, 0.3) is 0 Å². The van der Waals surface area contributed by atoms with Gasteiger partial charge in [-0.2, -0.15) is 0 Å². The Kier molecular flexibility index (Phi) is 2.82. The Morgan fingerprint density at radius 2 is 1.80 bits per heavy atom. The summed E-state index contributed by atoms with van der Waals surface area (Å²) in [4.78, 5) is 12.8. The second kappa shape index (κ2) is 4.76. The summed E-state index contributed by atoms with van der Waals surface area (Å²) in [6, 6.07) is 9.09. The molecule has 0 saturated carbocycles. The van der Waals surface area contributed by atoms with E-state index < -0.39 is 5.60 Å². The zero-order valence-corrected chi connectivity index (χ0v) is 14.0. The van der Waals surface area contributed by atoms with Gasteiger partial charge in [-0.05, 0) is 29.8 Å². The zero-order chi connectivity index (χ0) is 17.3. The molecule has 2 aromatic rings. The smallest absolute Gasteiger partial charge is 0.231 e. The third-order valence-electron chi connectivity index (χ3n) is 5.92. The maximum atomic E-state index is 12.8. The van der Waals surface area contributed by atoms with Crippen LogP contribution in [-0.2, 0) is 12.2 Å². The third kappa shape index (κ3) is 1.74. The Morgan fingerprint density at radius 3 is 2.56 bits per heavy atom. The van der Waals surface area contributed by atoms with Gasteiger partial charge in [-0.3, -0.25) is 4.79 Å². The van der Waals surface area contributed by atoms with Crippen LogP contribution in [0.3, 0.4) is 0 Å². The predicted octanol–water partition coefficient (Wildman–Crippen LogP) is 3.01. The average molecular weight is 338 g/mol. The molecule has 3 aliphatic rings. The molecule has 128 valence electrons. The fraction of sp³-hybridized carbons (Fsp3) is 0.350. The highest BCUT2D eigenvalue weighted by Gasteiger charge is 2.51. The Labute approximate surface area is 145 Å². The van der Waals surface area contributed by atoms with E-state index in [0.29, 0.717) is 34.8 Å². The van der Waals surface area contributed by atoms with Gasteiger partial charge in [0, 0.05) is 28.5 Å². The fourth-order valence-corrected chi connectivity index (χ4v) is 4.22. The molecule has 2 aliphatic heterocycles. The molecule has 5 nitrogen and oxygen atoms in total. The lowest BCUT2D eigenvalue weighted by Crippen LogP contribution is -2.47. The molecular weight excluding hydrogens is 320 g/mol. The molecule has 0 unspecified atom stereocenters. The van der Waals surface area contributed by atoms with E-state index in [1.54, 1.807) is 6.07 Å². The van der Waals surface area contributed by atoms with Gasteiger partial charge < -0.3 is 19.3 Å². The molecule has 0 saturated heterocycles. The first-order valence-electron chi connectivity index (χ1n) is 8.47. The van der Waals surface area contributed by atoms with E-state index in [1.807, 2.05) is 38.1 Å². The van der Waals surface area contributed by atoms with Gasteiger partial charge in [-0.25, -0.2) is 0 Å². The van der Waals surface area contributed by atoms with Crippen molar-refractivity contribution in [1.29, 1.82) is 0 Å². The molecule has 2 aromatic carbocycles. The van der Waals surface area contributed by atoms with Crippen LogP contribution in [0.15, 0.2) is 30.3 Å². The minimum Gasteiger partial charge on any atom is -0.488 e. The number of benzene rings is 2. The van der Waals surface area contributed by atoms with Crippen molar-refractivity contribution in [2.45, 2.75) is 26.1 Å². The summed E-state index contributed by atoms with van der Waals surface area (Å²) in [6.45, 7) is 4.40. The number of hydrogen-bond donors (Lipinski definition) is 1. The lowest BCUT2D eigenvalue weighted by atomic mass is 9.62. The van der Waals surface area contributed by atoms with E-state index in [1.165, 1.54) is 0 Å². The van der Waals surface area contributed by atoms with E-state index in [4.69, 9.17) is 14.2 Å². The molecule has 5 heteroatoms. The molecule has 0 amide bonds. The van der Waals surface area contributed by atoms with Crippen molar-refractivity contribution in [3.63, 3.8) is 0 Å². The molecule has 0 aromatic heterocycles. The highest BCUT2D eigenvalue weighted by molar-refractivity contribution is 6.02. The number of fused-ring (bicyclic) bond motifs is 4. The first-order valence-corrected chi connectivity index (χ1v) is 8.47. The highest BCUT2D eigenvalue weighted by atomic mass is 16.7. The van der Waals surface area contributed by atoms with Gasteiger partial charge in [-0.15, -0.1) is 0 Å². The van der Waals surface area contributed by atoms with E-state index in [0.717, 1.165) is 11.3 Å². The molecule has 1 aliphatic carbocycles. The summed E-state index contributed by atoms with van der Waals surface area (Å²) in [7, 11) is 0. The fourth-order valence-electron chi connectivity index (χ4n) is 4.22. The molecule has 5 rings (SSSR count). The number of aliphatic hydroxyl groups is 1. The van der Waals surface area contributed by atoms with Gasteiger partial charge >= 0.3 is 0 Å². The molecule has 1 N–H and O–H groups in total. The predicted molar refractivity (Wildman–Crippen MR) is 89.0 cm³/mol. The van der Waals surface area contributed by atoms with Crippen molar-refractivity contribution in [1.82, 2.24) is 0 Å². The van der Waals surface area contributed by atoms with Gasteiger partial charge in [0.05, 0.1) is 0 Å². The van der Waals surface area contributed by atoms with Crippen LogP contribution >= 0.6 is 0 Å². The van der Waals surface area contributed by atoms with Gasteiger partial charge in [-0.1, -0.05) is 19.9 Å². The summed E-state index contributed by atoms with van der Waals surface area (Å²) in [5, 5.41) is 11.9. The SMILES string of the molecule is C[C@H]1C(=O)c2ccc3c(c2[C@](O)(c2ccc4c(c2)OCO4)[C@H]1C)CO3. The minimum atomic E-state index is -1.28. The lowest BCUT2D eigenvalue weighted by Gasteiger charge is -2.45. The van der Waals surface area contributed by atoms with Crippen molar-refractivity contribution in [3.05, 3.63) is 52.6 Å². The Morgan fingerprint density at radius 1 is 1.04 bits per heavy atom. The lowest BCUT2D eigenvalue weighted by molar-refractivity contribution is -0.00812. The van der Waals surface area contributed by atoms with E-state index in [2.05, 4.69) is 0 Å². The van der Waals surface area contributed by atoms with Crippen LogP contribution < -0.4 is 14.2 Å². The van der Waals surface area contributed by atoms with Crippen LogP contribution in [0, 0.1) is 11.8 Å². The highest BCUT2D eigenvalue weighted by Crippen LogP contribution is 2.52. The monoisotopic (exact) mass is 338 g/mol. The maximum absolute atomic E-state index is 12.8. The largest absolute Gasteiger partial charge is 0.488 e. The van der Waals surface area contributed by atoms with Crippen LogP contribution in [0.1, 0.15) is 40.9 Å². The summed E-state index contributed by atoms with van der Waals surface area (Å²) in [5.41, 5.74) is 1.63. The Balaban J connectivity index is 1.79. The van der Waals surface area contributed by atoms with E-state index in [-0.39, 0.29) is 24.4 Å². The number of hydrogen-bond acceptors (Lipinski definition) is 5. The standard InChI is InChI=1S/C20H18O5/c1-10-11(2)20(22,12-3-5-16-17(7-12)25-9-24-16)18-13(19(10)21)4-6-15-14(18)8-23-15/h3-7,10-11,22H,8-9H2,1-2H3/t10-,11+,20-/m1/s1. The summed E-state index contributed by atoms with van der Waals surface area (Å²) >= 11 is 0. The first kappa shape index (κ1) is 14.8.